The zero-order valence-electron chi connectivity index (χ0n) is 14.9. The van der Waals surface area contributed by atoms with Gasteiger partial charge in [0.05, 0.1) is 0 Å². The average Bonchev–Trinajstić information content (AvgIpc) is 3.03. The Morgan fingerprint density at radius 1 is 0.960 bits per heavy atom. The van der Waals surface area contributed by atoms with Crippen LogP contribution < -0.4 is 5.73 Å². The molecule has 3 aromatic rings. The molecule has 1 atom stereocenters. The molecular formula is C18H22N6O. The van der Waals surface area contributed by atoms with Crippen LogP contribution in [0.2, 0.25) is 0 Å². The average molecular weight is 338 g/mol. The molecule has 3 rings (SSSR count). The first-order valence-electron chi connectivity index (χ1n) is 8.31. The van der Waals surface area contributed by atoms with Gasteiger partial charge in [0.15, 0.2) is 0 Å². The molecule has 0 spiro atoms. The molecule has 0 aliphatic rings. The second-order valence-corrected chi connectivity index (χ2v) is 6.29. The van der Waals surface area contributed by atoms with Crippen LogP contribution in [0.3, 0.4) is 0 Å². The lowest BCUT2D eigenvalue weighted by molar-refractivity contribution is 0.430. The van der Waals surface area contributed by atoms with Gasteiger partial charge in [0.2, 0.25) is 5.82 Å². The van der Waals surface area contributed by atoms with Gasteiger partial charge in [-0.2, -0.15) is 4.98 Å². The molecule has 0 saturated carbocycles. The van der Waals surface area contributed by atoms with E-state index in [1.54, 1.807) is 0 Å². The van der Waals surface area contributed by atoms with Crippen LogP contribution in [0.5, 0.6) is 0 Å². The van der Waals surface area contributed by atoms with Gasteiger partial charge in [-0.3, -0.25) is 4.98 Å². The number of aryl methyl sites for hydroxylation is 3. The van der Waals surface area contributed by atoms with E-state index in [-0.39, 0.29) is 5.92 Å². The van der Waals surface area contributed by atoms with Crippen LogP contribution in [-0.2, 0) is 0 Å². The maximum absolute atomic E-state index is 5.64. The Morgan fingerprint density at radius 3 is 2.32 bits per heavy atom. The van der Waals surface area contributed by atoms with Crippen LogP contribution in [0.1, 0.15) is 42.2 Å². The van der Waals surface area contributed by atoms with E-state index < -0.39 is 0 Å². The minimum absolute atomic E-state index is 0.177. The van der Waals surface area contributed by atoms with Crippen molar-refractivity contribution in [3.05, 3.63) is 41.1 Å². The van der Waals surface area contributed by atoms with Crippen molar-refractivity contribution < 1.29 is 4.52 Å². The van der Waals surface area contributed by atoms with Crippen molar-refractivity contribution >= 4 is 0 Å². The summed E-state index contributed by atoms with van der Waals surface area (Å²) in [6.07, 6.45) is 0.827. The lowest BCUT2D eigenvalue weighted by Crippen LogP contribution is -2.09. The van der Waals surface area contributed by atoms with Crippen molar-refractivity contribution in [2.45, 2.75) is 40.0 Å². The SMILES string of the molecule is Cc1cc(-c2noc(-c3cc(C)nc(C(C)CCN)n3)n2)cc(C)n1. The molecule has 2 N–H and O–H groups in total. The summed E-state index contributed by atoms with van der Waals surface area (Å²) in [5, 5.41) is 4.09. The van der Waals surface area contributed by atoms with Crippen LogP contribution in [-0.4, -0.2) is 31.6 Å². The third-order valence-electron chi connectivity index (χ3n) is 3.90. The summed E-state index contributed by atoms with van der Waals surface area (Å²) in [6, 6.07) is 5.71. The smallest absolute Gasteiger partial charge is 0.276 e. The predicted molar refractivity (Wildman–Crippen MR) is 94.9 cm³/mol. The predicted octanol–water partition coefficient (Wildman–Crippen LogP) is 2.97. The maximum Gasteiger partial charge on any atom is 0.276 e. The van der Waals surface area contributed by atoms with Gasteiger partial charge in [-0.25, -0.2) is 9.97 Å². The van der Waals surface area contributed by atoms with Crippen LogP contribution in [0.4, 0.5) is 0 Å². The quantitative estimate of drug-likeness (QED) is 0.762. The monoisotopic (exact) mass is 338 g/mol. The van der Waals surface area contributed by atoms with Crippen molar-refractivity contribution in [1.29, 1.82) is 0 Å². The van der Waals surface area contributed by atoms with Crippen molar-refractivity contribution in [2.24, 2.45) is 5.73 Å². The fourth-order valence-corrected chi connectivity index (χ4v) is 2.71. The zero-order chi connectivity index (χ0) is 18.0. The van der Waals surface area contributed by atoms with Gasteiger partial charge in [0, 0.05) is 28.6 Å². The third-order valence-corrected chi connectivity index (χ3v) is 3.90. The van der Waals surface area contributed by atoms with Crippen molar-refractivity contribution in [1.82, 2.24) is 25.1 Å². The normalized spacial score (nSPS) is 12.4. The fourth-order valence-electron chi connectivity index (χ4n) is 2.71. The Morgan fingerprint density at radius 2 is 1.64 bits per heavy atom. The molecule has 25 heavy (non-hydrogen) atoms. The molecule has 0 aliphatic heterocycles. The highest BCUT2D eigenvalue weighted by atomic mass is 16.5. The van der Waals surface area contributed by atoms with Gasteiger partial charge in [-0.1, -0.05) is 12.1 Å². The summed E-state index contributed by atoms with van der Waals surface area (Å²) < 4.78 is 5.44. The third kappa shape index (κ3) is 3.88. The topological polar surface area (TPSA) is 104 Å². The Balaban J connectivity index is 1.97. The molecule has 0 amide bonds. The first-order valence-corrected chi connectivity index (χ1v) is 8.31. The highest BCUT2D eigenvalue weighted by Gasteiger charge is 2.16. The summed E-state index contributed by atoms with van der Waals surface area (Å²) in [5.74, 6) is 1.83. The molecule has 0 aromatic carbocycles. The zero-order valence-corrected chi connectivity index (χ0v) is 14.9. The maximum atomic E-state index is 5.64. The van der Waals surface area contributed by atoms with E-state index in [1.165, 1.54) is 0 Å². The summed E-state index contributed by atoms with van der Waals surface area (Å²) in [5.41, 5.74) is 9.84. The molecule has 7 heteroatoms. The van der Waals surface area contributed by atoms with Crippen LogP contribution in [0.25, 0.3) is 23.0 Å². The first-order chi connectivity index (χ1) is 12.0. The number of pyridine rings is 1. The summed E-state index contributed by atoms with van der Waals surface area (Å²) in [6.45, 7) is 8.47. The van der Waals surface area contributed by atoms with E-state index in [0.717, 1.165) is 34.9 Å². The van der Waals surface area contributed by atoms with Crippen molar-refractivity contribution in [3.63, 3.8) is 0 Å². The summed E-state index contributed by atoms with van der Waals surface area (Å²) >= 11 is 0. The lowest BCUT2D eigenvalue weighted by atomic mass is 10.1. The van der Waals surface area contributed by atoms with Gasteiger partial charge < -0.3 is 10.3 Å². The summed E-state index contributed by atoms with van der Waals surface area (Å²) in [4.78, 5) is 18.0. The Kier molecular flexibility index (Phi) is 4.85. The number of hydrogen-bond donors (Lipinski definition) is 1. The molecule has 0 radical (unpaired) electrons. The minimum Gasteiger partial charge on any atom is -0.332 e. The second-order valence-electron chi connectivity index (χ2n) is 6.29. The molecular weight excluding hydrogens is 316 g/mol. The van der Waals surface area contributed by atoms with Gasteiger partial charge in [-0.05, 0) is 51.9 Å². The van der Waals surface area contributed by atoms with Crippen molar-refractivity contribution in [2.75, 3.05) is 6.54 Å². The molecule has 3 heterocycles. The molecule has 0 saturated heterocycles. The van der Waals surface area contributed by atoms with E-state index >= 15 is 0 Å². The standard InChI is InChI=1S/C18H22N6O/c1-10(5-6-19)16-21-13(4)9-15(22-16)18-23-17(24-25-18)14-7-11(2)20-12(3)8-14/h7-10H,5-6,19H2,1-4H3. The van der Waals surface area contributed by atoms with E-state index in [0.29, 0.717) is 24.0 Å². The van der Waals surface area contributed by atoms with E-state index in [9.17, 15) is 0 Å². The van der Waals surface area contributed by atoms with Gasteiger partial charge in [0.1, 0.15) is 11.5 Å². The molecule has 130 valence electrons. The van der Waals surface area contributed by atoms with Gasteiger partial charge >= 0.3 is 0 Å². The number of aromatic nitrogens is 5. The Bertz CT molecular complexity index is 869. The van der Waals surface area contributed by atoms with Crippen LogP contribution >= 0.6 is 0 Å². The molecule has 0 fully saturated rings. The molecule has 7 nitrogen and oxygen atoms in total. The Hall–Kier alpha value is -2.67. The Labute approximate surface area is 146 Å². The number of rotatable bonds is 5. The van der Waals surface area contributed by atoms with E-state index in [1.807, 2.05) is 39.0 Å². The highest BCUT2D eigenvalue weighted by Crippen LogP contribution is 2.24. The highest BCUT2D eigenvalue weighted by molar-refractivity contribution is 5.58. The van der Waals surface area contributed by atoms with E-state index in [2.05, 4.69) is 32.0 Å². The van der Waals surface area contributed by atoms with E-state index in [4.69, 9.17) is 10.3 Å². The van der Waals surface area contributed by atoms with Gasteiger partial charge in [-0.15, -0.1) is 0 Å². The summed E-state index contributed by atoms with van der Waals surface area (Å²) in [7, 11) is 0. The van der Waals surface area contributed by atoms with Gasteiger partial charge in [0.25, 0.3) is 5.89 Å². The molecule has 1 unspecified atom stereocenters. The number of nitrogens with two attached hydrogens (primary N) is 1. The van der Waals surface area contributed by atoms with Crippen LogP contribution in [0, 0.1) is 20.8 Å². The minimum atomic E-state index is 0.177. The molecule has 0 bridgehead atoms. The van der Waals surface area contributed by atoms with Crippen LogP contribution in [0.15, 0.2) is 22.7 Å². The number of hydrogen-bond acceptors (Lipinski definition) is 7. The molecule has 0 aliphatic carbocycles. The second kappa shape index (κ2) is 7.06. The lowest BCUT2D eigenvalue weighted by Gasteiger charge is -2.09. The van der Waals surface area contributed by atoms with Crippen molar-refractivity contribution in [3.8, 4) is 23.0 Å². The largest absolute Gasteiger partial charge is 0.332 e. The number of nitrogens with zero attached hydrogens (tertiary/aromatic N) is 5. The first kappa shape index (κ1) is 17.2. The fraction of sp³-hybridized carbons (Fsp3) is 0.389. The molecule has 3 aromatic heterocycles.